The van der Waals surface area contributed by atoms with Gasteiger partial charge in [-0.3, -0.25) is 0 Å². The zero-order chi connectivity index (χ0) is 12.7. The summed E-state index contributed by atoms with van der Waals surface area (Å²) in [4.78, 5) is 0. The maximum Gasteiger partial charge on any atom is 0.0916 e. The maximum absolute atomic E-state index is 6.00. The van der Waals surface area contributed by atoms with E-state index in [0.717, 1.165) is 23.4 Å². The topological polar surface area (TPSA) is 9.23 Å². The molecule has 0 fully saturated rings. The largest absolute Gasteiger partial charge is 0.373 e. The van der Waals surface area contributed by atoms with Crippen molar-refractivity contribution in [3.8, 4) is 0 Å². The third-order valence-electron chi connectivity index (χ3n) is 2.92. The van der Waals surface area contributed by atoms with E-state index in [1.165, 1.54) is 17.5 Å². The Hall–Kier alpha value is -0.0900. The summed E-state index contributed by atoms with van der Waals surface area (Å²) in [7, 11) is 0. The molecule has 0 aliphatic carbocycles. The van der Waals surface area contributed by atoms with E-state index in [9.17, 15) is 0 Å². The average molecular weight is 346 g/mol. The van der Waals surface area contributed by atoms with E-state index in [0.29, 0.717) is 0 Å². The van der Waals surface area contributed by atoms with Gasteiger partial charge >= 0.3 is 0 Å². The first-order valence-electron chi connectivity index (χ1n) is 6.38. The number of alkyl halides is 1. The molecule has 1 aromatic rings. The molecule has 1 unspecified atom stereocenters. The highest BCUT2D eigenvalue weighted by Gasteiger charge is 2.12. The third-order valence-corrected chi connectivity index (χ3v) is 3.72. The Balaban J connectivity index is 2.46. The molecule has 0 aliphatic heterocycles. The van der Waals surface area contributed by atoms with Gasteiger partial charge in [0.2, 0.25) is 0 Å². The number of aryl methyl sites for hydroxylation is 1. The Morgan fingerprint density at radius 1 is 1.24 bits per heavy atom. The van der Waals surface area contributed by atoms with Gasteiger partial charge in [0.1, 0.15) is 0 Å². The minimum Gasteiger partial charge on any atom is -0.373 e. The van der Waals surface area contributed by atoms with Crippen molar-refractivity contribution in [2.24, 2.45) is 5.92 Å². The Labute approximate surface area is 119 Å². The van der Waals surface area contributed by atoms with Crippen molar-refractivity contribution < 1.29 is 4.74 Å². The smallest absolute Gasteiger partial charge is 0.0916 e. The van der Waals surface area contributed by atoms with Gasteiger partial charge in [-0.25, -0.2) is 0 Å². The third kappa shape index (κ3) is 5.38. The molecule has 1 nitrogen and oxygen atoms in total. The Bertz CT molecular complexity index is 322. The van der Waals surface area contributed by atoms with Crippen LogP contribution in [-0.4, -0.2) is 11.0 Å². The lowest BCUT2D eigenvalue weighted by molar-refractivity contribution is 0.0662. The van der Waals surface area contributed by atoms with E-state index in [1.807, 2.05) is 0 Å². The predicted octanol–water partition coefficient (Wildman–Crippen LogP) is 4.92. The van der Waals surface area contributed by atoms with Gasteiger partial charge < -0.3 is 4.74 Å². The summed E-state index contributed by atoms with van der Waals surface area (Å²) in [5, 5.41) is 0. The Kier molecular flexibility index (Phi) is 7.12. The number of ether oxygens (including phenoxy) is 1. The van der Waals surface area contributed by atoms with Gasteiger partial charge in [0.15, 0.2) is 0 Å². The highest BCUT2D eigenvalue weighted by atomic mass is 127. The molecule has 0 spiro atoms. The summed E-state index contributed by atoms with van der Waals surface area (Å²) >= 11 is 2.41. The van der Waals surface area contributed by atoms with Gasteiger partial charge in [-0.1, -0.05) is 60.7 Å². The molecule has 1 atom stereocenters. The molecule has 96 valence electrons. The summed E-state index contributed by atoms with van der Waals surface area (Å²) in [5.74, 6) is 0.773. The quantitative estimate of drug-likeness (QED) is 0.387. The number of hydrogen-bond donors (Lipinski definition) is 0. The molecule has 2 heteroatoms. The standard InChI is InChI=1S/C15H23IO/c1-12(2)7-6-10-17-15(11-16)14-9-5-4-8-13(14)3/h4-5,8-9,12,15H,6-7,10-11H2,1-3H3. The first-order valence-corrected chi connectivity index (χ1v) is 7.90. The first kappa shape index (κ1) is 15.0. The van der Waals surface area contributed by atoms with Gasteiger partial charge in [0.05, 0.1) is 6.10 Å². The Morgan fingerprint density at radius 2 is 1.94 bits per heavy atom. The number of halogens is 1. The molecule has 0 radical (unpaired) electrons. The molecule has 0 aromatic heterocycles. The lowest BCUT2D eigenvalue weighted by Gasteiger charge is -2.18. The molecule has 1 aromatic carbocycles. The maximum atomic E-state index is 6.00. The van der Waals surface area contributed by atoms with E-state index < -0.39 is 0 Å². The zero-order valence-corrected chi connectivity index (χ0v) is 13.2. The molecular formula is C15H23IO. The van der Waals surface area contributed by atoms with E-state index in [2.05, 4.69) is 67.6 Å². The van der Waals surface area contributed by atoms with Crippen LogP contribution in [0.5, 0.6) is 0 Å². The fourth-order valence-corrected chi connectivity index (χ4v) is 2.61. The fraction of sp³-hybridized carbons (Fsp3) is 0.600. The van der Waals surface area contributed by atoms with Crippen molar-refractivity contribution >= 4 is 22.6 Å². The molecule has 0 amide bonds. The van der Waals surface area contributed by atoms with Gasteiger partial charge in [0.25, 0.3) is 0 Å². The van der Waals surface area contributed by atoms with Crippen molar-refractivity contribution in [3.05, 3.63) is 35.4 Å². The van der Waals surface area contributed by atoms with Crippen LogP contribution in [0.4, 0.5) is 0 Å². The molecule has 0 aliphatic rings. The van der Waals surface area contributed by atoms with Crippen LogP contribution in [0.15, 0.2) is 24.3 Å². The van der Waals surface area contributed by atoms with E-state index in [4.69, 9.17) is 4.74 Å². The second-order valence-corrected chi connectivity index (χ2v) is 5.79. The fourth-order valence-electron chi connectivity index (χ4n) is 1.88. The molecule has 0 bridgehead atoms. The SMILES string of the molecule is Cc1ccccc1C(CI)OCCCC(C)C. The van der Waals surface area contributed by atoms with Crippen LogP contribution in [0.3, 0.4) is 0 Å². The minimum atomic E-state index is 0.254. The molecular weight excluding hydrogens is 323 g/mol. The highest BCUT2D eigenvalue weighted by molar-refractivity contribution is 14.1. The van der Waals surface area contributed by atoms with Crippen LogP contribution < -0.4 is 0 Å². The van der Waals surface area contributed by atoms with Crippen molar-refractivity contribution in [1.82, 2.24) is 0 Å². The van der Waals surface area contributed by atoms with Gasteiger partial charge in [-0.15, -0.1) is 0 Å². The molecule has 0 heterocycles. The summed E-state index contributed by atoms with van der Waals surface area (Å²) in [6.07, 6.45) is 2.67. The van der Waals surface area contributed by atoms with Crippen molar-refractivity contribution in [2.45, 2.75) is 39.7 Å². The van der Waals surface area contributed by atoms with Gasteiger partial charge in [-0.05, 0) is 36.8 Å². The normalized spacial score (nSPS) is 13.0. The zero-order valence-electron chi connectivity index (χ0n) is 11.1. The van der Waals surface area contributed by atoms with E-state index >= 15 is 0 Å². The molecule has 0 saturated carbocycles. The second kappa shape index (κ2) is 8.09. The van der Waals surface area contributed by atoms with E-state index in [1.54, 1.807) is 0 Å². The first-order chi connectivity index (χ1) is 8.15. The van der Waals surface area contributed by atoms with Crippen LogP contribution in [0, 0.1) is 12.8 Å². The summed E-state index contributed by atoms with van der Waals surface area (Å²) in [6.45, 7) is 7.56. The van der Waals surface area contributed by atoms with Crippen LogP contribution in [0.2, 0.25) is 0 Å². The number of benzene rings is 1. The van der Waals surface area contributed by atoms with Crippen LogP contribution in [-0.2, 0) is 4.74 Å². The van der Waals surface area contributed by atoms with Crippen molar-refractivity contribution in [2.75, 3.05) is 11.0 Å². The second-order valence-electron chi connectivity index (χ2n) is 4.91. The van der Waals surface area contributed by atoms with Crippen molar-refractivity contribution in [3.63, 3.8) is 0 Å². The summed E-state index contributed by atoms with van der Waals surface area (Å²) in [5.41, 5.74) is 2.67. The predicted molar refractivity (Wildman–Crippen MR) is 82.8 cm³/mol. The van der Waals surface area contributed by atoms with E-state index in [-0.39, 0.29) is 6.10 Å². The lowest BCUT2D eigenvalue weighted by atomic mass is 10.0. The monoisotopic (exact) mass is 346 g/mol. The summed E-state index contributed by atoms with van der Waals surface area (Å²) < 4.78 is 7.02. The number of rotatable bonds is 7. The molecule has 0 N–H and O–H groups in total. The van der Waals surface area contributed by atoms with Crippen molar-refractivity contribution in [1.29, 1.82) is 0 Å². The Morgan fingerprint density at radius 3 is 2.53 bits per heavy atom. The van der Waals surface area contributed by atoms with Gasteiger partial charge in [-0.2, -0.15) is 0 Å². The minimum absolute atomic E-state index is 0.254. The number of hydrogen-bond acceptors (Lipinski definition) is 1. The molecule has 17 heavy (non-hydrogen) atoms. The van der Waals surface area contributed by atoms with Crippen LogP contribution >= 0.6 is 22.6 Å². The molecule has 0 saturated heterocycles. The highest BCUT2D eigenvalue weighted by Crippen LogP contribution is 2.23. The van der Waals surface area contributed by atoms with Gasteiger partial charge in [0, 0.05) is 11.0 Å². The average Bonchev–Trinajstić information content (AvgIpc) is 2.30. The van der Waals surface area contributed by atoms with Crippen LogP contribution in [0.25, 0.3) is 0 Å². The lowest BCUT2D eigenvalue weighted by Crippen LogP contribution is -2.09. The van der Waals surface area contributed by atoms with Crippen LogP contribution in [0.1, 0.15) is 43.9 Å². The summed E-state index contributed by atoms with van der Waals surface area (Å²) in [6, 6.07) is 8.52. The molecule has 1 rings (SSSR count).